The maximum atomic E-state index is 5.38. The average Bonchev–Trinajstić information content (AvgIpc) is 3.01. The van der Waals surface area contributed by atoms with Crippen LogP contribution in [0, 0.1) is 11.8 Å². The molecule has 1 aromatic rings. The molecule has 0 aromatic carbocycles. The molecule has 2 fully saturated rings. The lowest BCUT2D eigenvalue weighted by Gasteiger charge is -2.24. The number of nitrogens with one attached hydrogen (secondary N) is 2. The third-order valence-corrected chi connectivity index (χ3v) is 4.50. The highest BCUT2D eigenvalue weighted by Gasteiger charge is 2.39. The van der Waals surface area contributed by atoms with Crippen LogP contribution in [0.2, 0.25) is 0 Å². The Balaban J connectivity index is 1.59. The van der Waals surface area contributed by atoms with Gasteiger partial charge in [0.2, 0.25) is 0 Å². The first-order chi connectivity index (χ1) is 9.26. The number of hydrogen-bond donors (Lipinski definition) is 2. The average molecular weight is 277 g/mol. The second kappa shape index (κ2) is 5.33. The Kier molecular flexibility index (Phi) is 3.55. The van der Waals surface area contributed by atoms with Gasteiger partial charge >= 0.3 is 0 Å². The van der Waals surface area contributed by atoms with Gasteiger partial charge in [-0.2, -0.15) is 0 Å². The Bertz CT molecular complexity index is 480. The molecule has 0 unspecified atom stereocenters. The molecule has 2 aliphatic rings. The van der Waals surface area contributed by atoms with Crippen LogP contribution in [0.3, 0.4) is 0 Å². The number of aromatic nitrogens is 1. The molecule has 1 aromatic heterocycles. The van der Waals surface area contributed by atoms with E-state index in [0.717, 1.165) is 11.8 Å². The van der Waals surface area contributed by atoms with Gasteiger partial charge in [-0.1, -0.05) is 6.42 Å². The number of rotatable bonds is 3. The highest BCUT2D eigenvalue weighted by atomic mass is 32.1. The van der Waals surface area contributed by atoms with E-state index >= 15 is 0 Å². The quantitative estimate of drug-likeness (QED) is 0.832. The van der Waals surface area contributed by atoms with Gasteiger partial charge in [-0.05, 0) is 55.4 Å². The summed E-state index contributed by atoms with van der Waals surface area (Å²) < 4.78 is 5.25. The molecule has 4 nitrogen and oxygen atoms in total. The summed E-state index contributed by atoms with van der Waals surface area (Å²) in [6.45, 7) is 0. The van der Waals surface area contributed by atoms with Crippen LogP contribution in [0.5, 0.6) is 5.75 Å². The van der Waals surface area contributed by atoms with Crippen molar-refractivity contribution in [2.24, 2.45) is 11.8 Å². The Morgan fingerprint density at radius 1 is 1.42 bits per heavy atom. The molecular weight excluding hydrogens is 258 g/mol. The molecule has 0 aliphatic heterocycles. The van der Waals surface area contributed by atoms with E-state index in [9.17, 15) is 0 Å². The molecule has 2 N–H and O–H groups in total. The smallest absolute Gasteiger partial charge is 0.174 e. The van der Waals surface area contributed by atoms with Crippen LogP contribution in [0.1, 0.15) is 25.7 Å². The molecule has 3 rings (SSSR count). The topological polar surface area (TPSA) is 46.2 Å². The van der Waals surface area contributed by atoms with E-state index < -0.39 is 0 Å². The van der Waals surface area contributed by atoms with Gasteiger partial charge in [0.1, 0.15) is 0 Å². The summed E-state index contributed by atoms with van der Waals surface area (Å²) in [5.41, 5.74) is 0. The fourth-order valence-electron chi connectivity index (χ4n) is 3.38. The lowest BCUT2D eigenvalue weighted by Crippen LogP contribution is -2.41. The van der Waals surface area contributed by atoms with Gasteiger partial charge in [-0.3, -0.25) is 0 Å². The number of pyridine rings is 1. The van der Waals surface area contributed by atoms with Gasteiger partial charge in [0.25, 0.3) is 0 Å². The lowest BCUT2D eigenvalue weighted by atomic mass is 9.96. The minimum atomic E-state index is 0.536. The van der Waals surface area contributed by atoms with Gasteiger partial charge in [0, 0.05) is 12.2 Å². The van der Waals surface area contributed by atoms with E-state index in [1.54, 1.807) is 13.3 Å². The van der Waals surface area contributed by atoms with Crippen LogP contribution in [-0.2, 0) is 0 Å². The maximum absolute atomic E-state index is 5.38. The summed E-state index contributed by atoms with van der Waals surface area (Å²) in [6.07, 6.45) is 7.10. The van der Waals surface area contributed by atoms with Crippen molar-refractivity contribution in [3.8, 4) is 5.75 Å². The summed E-state index contributed by atoms with van der Waals surface area (Å²) >= 11 is 5.38. The predicted molar refractivity (Wildman–Crippen MR) is 79.4 cm³/mol. The number of fused-ring (bicyclic) bond motifs is 2. The first kappa shape index (κ1) is 12.7. The van der Waals surface area contributed by atoms with E-state index in [1.165, 1.54) is 25.7 Å². The number of nitrogens with zero attached hydrogens (tertiary/aromatic N) is 1. The molecular formula is C14H19N3OS. The van der Waals surface area contributed by atoms with E-state index in [0.29, 0.717) is 22.7 Å². The monoisotopic (exact) mass is 277 g/mol. The van der Waals surface area contributed by atoms with Crippen molar-refractivity contribution in [1.82, 2.24) is 10.3 Å². The van der Waals surface area contributed by atoms with Crippen molar-refractivity contribution >= 4 is 23.1 Å². The third-order valence-electron chi connectivity index (χ3n) is 4.28. The summed E-state index contributed by atoms with van der Waals surface area (Å²) in [5, 5.41) is 7.21. The van der Waals surface area contributed by atoms with Crippen LogP contribution in [0.4, 0.5) is 5.82 Å². The summed E-state index contributed by atoms with van der Waals surface area (Å²) in [5.74, 6) is 3.09. The van der Waals surface area contributed by atoms with Gasteiger partial charge in [0.15, 0.2) is 16.7 Å². The van der Waals surface area contributed by atoms with Gasteiger partial charge < -0.3 is 15.4 Å². The molecule has 2 bridgehead atoms. The SMILES string of the molecule is COc1cccnc1NC(=S)N[C@@H]1C[C@H]2CC[C@H]1C2. The molecule has 5 heteroatoms. The molecule has 3 atom stereocenters. The van der Waals surface area contributed by atoms with E-state index in [1.807, 2.05) is 12.1 Å². The van der Waals surface area contributed by atoms with Crippen LogP contribution >= 0.6 is 12.2 Å². The van der Waals surface area contributed by atoms with Crippen LogP contribution < -0.4 is 15.4 Å². The number of thiocarbonyl (C=S) groups is 1. The summed E-state index contributed by atoms with van der Waals surface area (Å²) in [7, 11) is 1.63. The normalized spacial score (nSPS) is 28.2. The summed E-state index contributed by atoms with van der Waals surface area (Å²) in [6, 6.07) is 4.25. The second-order valence-electron chi connectivity index (χ2n) is 5.43. The number of methoxy groups -OCH3 is 1. The van der Waals surface area contributed by atoms with E-state index in [-0.39, 0.29) is 0 Å². The molecule has 2 saturated carbocycles. The van der Waals surface area contributed by atoms with Gasteiger partial charge in [-0.15, -0.1) is 0 Å². The summed E-state index contributed by atoms with van der Waals surface area (Å²) in [4.78, 5) is 4.25. The molecule has 0 spiro atoms. The lowest BCUT2D eigenvalue weighted by molar-refractivity contribution is 0.391. The first-order valence-corrected chi connectivity index (χ1v) is 7.23. The highest BCUT2D eigenvalue weighted by molar-refractivity contribution is 7.80. The van der Waals surface area contributed by atoms with Crippen molar-refractivity contribution in [3.05, 3.63) is 18.3 Å². The number of anilines is 1. The van der Waals surface area contributed by atoms with Crippen LogP contribution in [0.25, 0.3) is 0 Å². The van der Waals surface area contributed by atoms with Gasteiger partial charge in [-0.25, -0.2) is 4.98 Å². The zero-order valence-corrected chi connectivity index (χ0v) is 11.9. The second-order valence-corrected chi connectivity index (χ2v) is 5.84. The Labute approximate surface area is 118 Å². The first-order valence-electron chi connectivity index (χ1n) is 6.83. The maximum Gasteiger partial charge on any atom is 0.174 e. The minimum absolute atomic E-state index is 0.536. The zero-order valence-electron chi connectivity index (χ0n) is 11.1. The fraction of sp³-hybridized carbons (Fsp3) is 0.571. The number of hydrogen-bond acceptors (Lipinski definition) is 3. The van der Waals surface area contributed by atoms with Gasteiger partial charge in [0.05, 0.1) is 7.11 Å². The Morgan fingerprint density at radius 2 is 2.32 bits per heavy atom. The molecule has 0 saturated heterocycles. The van der Waals surface area contributed by atoms with E-state index in [2.05, 4.69) is 15.6 Å². The molecule has 1 heterocycles. The fourth-order valence-corrected chi connectivity index (χ4v) is 3.63. The Morgan fingerprint density at radius 3 is 3.00 bits per heavy atom. The van der Waals surface area contributed by atoms with Crippen molar-refractivity contribution in [3.63, 3.8) is 0 Å². The minimum Gasteiger partial charge on any atom is -0.493 e. The van der Waals surface area contributed by atoms with Crippen molar-refractivity contribution in [2.75, 3.05) is 12.4 Å². The van der Waals surface area contributed by atoms with Crippen molar-refractivity contribution in [2.45, 2.75) is 31.7 Å². The van der Waals surface area contributed by atoms with Crippen LogP contribution in [0.15, 0.2) is 18.3 Å². The highest BCUT2D eigenvalue weighted by Crippen LogP contribution is 2.44. The molecule has 19 heavy (non-hydrogen) atoms. The number of ether oxygens (including phenoxy) is 1. The Hall–Kier alpha value is -1.36. The molecule has 2 aliphatic carbocycles. The zero-order chi connectivity index (χ0) is 13.2. The van der Waals surface area contributed by atoms with Crippen molar-refractivity contribution in [1.29, 1.82) is 0 Å². The standard InChI is InChI=1S/C14H19N3OS/c1-18-12-3-2-6-15-13(12)17-14(19)16-11-8-9-4-5-10(11)7-9/h2-3,6,9-11H,4-5,7-8H2,1H3,(H2,15,16,17,19)/t9-,10-,11+/m0/s1. The molecule has 102 valence electrons. The largest absolute Gasteiger partial charge is 0.493 e. The van der Waals surface area contributed by atoms with Crippen molar-refractivity contribution < 1.29 is 4.74 Å². The van der Waals surface area contributed by atoms with E-state index in [4.69, 9.17) is 17.0 Å². The third kappa shape index (κ3) is 2.66. The molecule has 0 radical (unpaired) electrons. The predicted octanol–water partition coefficient (Wildman–Crippen LogP) is 2.57. The molecule has 0 amide bonds. The van der Waals surface area contributed by atoms with Crippen LogP contribution in [-0.4, -0.2) is 23.2 Å².